The molecule has 0 unspecified atom stereocenters. The third kappa shape index (κ3) is 2.34. The van der Waals surface area contributed by atoms with Crippen LogP contribution < -0.4 is 10.5 Å². The highest BCUT2D eigenvalue weighted by Crippen LogP contribution is 2.32. The van der Waals surface area contributed by atoms with E-state index in [4.69, 9.17) is 22.1 Å². The molecule has 2 aromatic carbocycles. The Morgan fingerprint density at radius 3 is 2.53 bits per heavy atom. The lowest BCUT2D eigenvalue weighted by Gasteiger charge is -2.08. The summed E-state index contributed by atoms with van der Waals surface area (Å²) in [5.41, 5.74) is 7.89. The fraction of sp³-hybridized carbons (Fsp3) is 0.0769. The van der Waals surface area contributed by atoms with Crippen molar-refractivity contribution in [2.24, 2.45) is 0 Å². The minimum Gasteiger partial charge on any atom is -0.495 e. The predicted molar refractivity (Wildman–Crippen MR) is 67.8 cm³/mol. The third-order valence-corrected chi connectivity index (χ3v) is 2.78. The molecule has 2 N–H and O–H groups in total. The van der Waals surface area contributed by atoms with Gasteiger partial charge in [-0.2, -0.15) is 0 Å². The molecule has 0 aliphatic rings. The largest absolute Gasteiger partial charge is 0.495 e. The maximum absolute atomic E-state index is 12.9. The monoisotopic (exact) mass is 251 g/mol. The number of rotatable bonds is 2. The standard InChI is InChI=1S/C13H11ClFNO/c1-17-13-5-2-8(6-12(13)16)10-4-3-9(15)7-11(10)14/h2-7H,16H2,1H3. The lowest BCUT2D eigenvalue weighted by molar-refractivity contribution is 0.417. The van der Waals surface area contributed by atoms with Gasteiger partial charge in [0, 0.05) is 5.56 Å². The Morgan fingerprint density at radius 1 is 1.18 bits per heavy atom. The molecule has 4 heteroatoms. The molecule has 0 saturated heterocycles. The van der Waals surface area contributed by atoms with E-state index in [0.717, 1.165) is 11.1 Å². The van der Waals surface area contributed by atoms with Gasteiger partial charge in [-0.25, -0.2) is 4.39 Å². The maximum atomic E-state index is 12.9. The Labute approximate surface area is 104 Å². The van der Waals surface area contributed by atoms with Crippen LogP contribution in [0.25, 0.3) is 11.1 Å². The van der Waals surface area contributed by atoms with Crippen LogP contribution in [0.15, 0.2) is 36.4 Å². The van der Waals surface area contributed by atoms with Crippen molar-refractivity contribution in [3.8, 4) is 16.9 Å². The number of anilines is 1. The zero-order valence-corrected chi connectivity index (χ0v) is 9.96. The highest BCUT2D eigenvalue weighted by molar-refractivity contribution is 6.33. The van der Waals surface area contributed by atoms with E-state index < -0.39 is 0 Å². The van der Waals surface area contributed by atoms with Gasteiger partial charge in [0.05, 0.1) is 17.8 Å². The first kappa shape index (κ1) is 11.7. The van der Waals surface area contributed by atoms with Crippen molar-refractivity contribution in [1.82, 2.24) is 0 Å². The van der Waals surface area contributed by atoms with Crippen molar-refractivity contribution >= 4 is 17.3 Å². The summed E-state index contributed by atoms with van der Waals surface area (Å²) in [6, 6.07) is 9.59. The molecule has 0 spiro atoms. The summed E-state index contributed by atoms with van der Waals surface area (Å²) < 4.78 is 18.0. The Kier molecular flexibility index (Phi) is 3.20. The topological polar surface area (TPSA) is 35.2 Å². The molecule has 17 heavy (non-hydrogen) atoms. The Bertz CT molecular complexity index is 557. The van der Waals surface area contributed by atoms with E-state index in [1.54, 1.807) is 25.3 Å². The first-order chi connectivity index (χ1) is 8.11. The number of hydrogen-bond acceptors (Lipinski definition) is 2. The summed E-state index contributed by atoms with van der Waals surface area (Å²) in [6.07, 6.45) is 0. The van der Waals surface area contributed by atoms with Crippen LogP contribution in [0.3, 0.4) is 0 Å². The number of methoxy groups -OCH3 is 1. The van der Waals surface area contributed by atoms with Crippen molar-refractivity contribution in [3.63, 3.8) is 0 Å². The molecule has 0 aliphatic heterocycles. The van der Waals surface area contributed by atoms with E-state index in [9.17, 15) is 4.39 Å². The summed E-state index contributed by atoms with van der Waals surface area (Å²) >= 11 is 5.98. The molecular formula is C13H11ClFNO. The summed E-state index contributed by atoms with van der Waals surface area (Å²) in [5.74, 6) is 0.243. The van der Waals surface area contributed by atoms with Crippen LogP contribution in [-0.4, -0.2) is 7.11 Å². The quantitative estimate of drug-likeness (QED) is 0.826. The van der Waals surface area contributed by atoms with Gasteiger partial charge in [-0.1, -0.05) is 17.7 Å². The molecule has 88 valence electrons. The van der Waals surface area contributed by atoms with Crippen LogP contribution in [-0.2, 0) is 0 Å². The molecule has 0 aromatic heterocycles. The first-order valence-corrected chi connectivity index (χ1v) is 5.38. The number of halogens is 2. The van der Waals surface area contributed by atoms with Crippen molar-refractivity contribution in [2.45, 2.75) is 0 Å². The van der Waals surface area contributed by atoms with E-state index in [1.807, 2.05) is 6.07 Å². The van der Waals surface area contributed by atoms with Gasteiger partial charge < -0.3 is 10.5 Å². The van der Waals surface area contributed by atoms with Gasteiger partial charge in [0.25, 0.3) is 0 Å². The van der Waals surface area contributed by atoms with Crippen LogP contribution in [0.5, 0.6) is 5.75 Å². The molecule has 0 amide bonds. The minimum atomic E-state index is -0.361. The van der Waals surface area contributed by atoms with Gasteiger partial charge in [-0.15, -0.1) is 0 Å². The molecule has 2 nitrogen and oxygen atoms in total. The average Bonchev–Trinajstić information content (AvgIpc) is 2.29. The minimum absolute atomic E-state index is 0.356. The second-order valence-corrected chi connectivity index (χ2v) is 3.99. The maximum Gasteiger partial charge on any atom is 0.141 e. The van der Waals surface area contributed by atoms with E-state index in [2.05, 4.69) is 0 Å². The third-order valence-electron chi connectivity index (χ3n) is 2.47. The van der Waals surface area contributed by atoms with Gasteiger partial charge in [0.1, 0.15) is 11.6 Å². The number of hydrogen-bond donors (Lipinski definition) is 1. The number of nitrogen functional groups attached to an aromatic ring is 1. The SMILES string of the molecule is COc1ccc(-c2ccc(F)cc2Cl)cc1N. The summed E-state index contributed by atoms with van der Waals surface area (Å²) in [7, 11) is 1.55. The van der Waals surface area contributed by atoms with Gasteiger partial charge in [-0.3, -0.25) is 0 Å². The second kappa shape index (κ2) is 4.63. The lowest BCUT2D eigenvalue weighted by Crippen LogP contribution is -1.92. The summed E-state index contributed by atoms with van der Waals surface area (Å²) in [5, 5.41) is 0.356. The smallest absolute Gasteiger partial charge is 0.141 e. The number of nitrogens with two attached hydrogens (primary N) is 1. The van der Waals surface area contributed by atoms with Gasteiger partial charge in [0.15, 0.2) is 0 Å². The van der Waals surface area contributed by atoms with Crippen LogP contribution in [0, 0.1) is 5.82 Å². The van der Waals surface area contributed by atoms with Crippen molar-refractivity contribution < 1.29 is 9.13 Å². The van der Waals surface area contributed by atoms with E-state index >= 15 is 0 Å². The van der Waals surface area contributed by atoms with Gasteiger partial charge in [0.2, 0.25) is 0 Å². The van der Waals surface area contributed by atoms with E-state index in [0.29, 0.717) is 16.5 Å². The zero-order chi connectivity index (χ0) is 12.4. The Hall–Kier alpha value is -1.74. The molecule has 0 bridgehead atoms. The Morgan fingerprint density at radius 2 is 1.94 bits per heavy atom. The highest BCUT2D eigenvalue weighted by Gasteiger charge is 2.07. The van der Waals surface area contributed by atoms with Gasteiger partial charge >= 0.3 is 0 Å². The highest BCUT2D eigenvalue weighted by atomic mass is 35.5. The molecule has 0 saturated carbocycles. The fourth-order valence-corrected chi connectivity index (χ4v) is 1.90. The van der Waals surface area contributed by atoms with Gasteiger partial charge in [-0.05, 0) is 35.9 Å². The first-order valence-electron chi connectivity index (χ1n) is 5.01. The molecule has 2 aromatic rings. The van der Waals surface area contributed by atoms with Crippen LogP contribution >= 0.6 is 11.6 Å². The molecule has 0 heterocycles. The number of benzene rings is 2. The van der Waals surface area contributed by atoms with E-state index in [-0.39, 0.29) is 5.82 Å². The Balaban J connectivity index is 2.50. The summed E-state index contributed by atoms with van der Waals surface area (Å²) in [6.45, 7) is 0. The lowest BCUT2D eigenvalue weighted by atomic mass is 10.0. The van der Waals surface area contributed by atoms with Crippen LogP contribution in [0.1, 0.15) is 0 Å². The molecule has 0 atom stereocenters. The van der Waals surface area contributed by atoms with E-state index in [1.165, 1.54) is 12.1 Å². The fourth-order valence-electron chi connectivity index (χ4n) is 1.63. The average molecular weight is 252 g/mol. The molecular weight excluding hydrogens is 241 g/mol. The molecule has 0 radical (unpaired) electrons. The van der Waals surface area contributed by atoms with Crippen molar-refractivity contribution in [2.75, 3.05) is 12.8 Å². The van der Waals surface area contributed by atoms with Crippen molar-refractivity contribution in [3.05, 3.63) is 47.2 Å². The molecule has 0 aliphatic carbocycles. The van der Waals surface area contributed by atoms with Crippen LogP contribution in [0.2, 0.25) is 5.02 Å². The molecule has 2 rings (SSSR count). The summed E-state index contributed by atoms with van der Waals surface area (Å²) in [4.78, 5) is 0. The number of ether oxygens (including phenoxy) is 1. The normalized spacial score (nSPS) is 10.3. The second-order valence-electron chi connectivity index (χ2n) is 3.58. The zero-order valence-electron chi connectivity index (χ0n) is 9.21. The van der Waals surface area contributed by atoms with Crippen LogP contribution in [0.4, 0.5) is 10.1 Å². The predicted octanol–water partition coefficient (Wildman–Crippen LogP) is 3.74. The molecule has 0 fully saturated rings. The van der Waals surface area contributed by atoms with Crippen molar-refractivity contribution in [1.29, 1.82) is 0 Å².